The largest absolute Gasteiger partial charge is 0.309 e. The Morgan fingerprint density at radius 2 is 2.43 bits per heavy atom. The van der Waals surface area contributed by atoms with Crippen LogP contribution >= 0.6 is 11.6 Å². The van der Waals surface area contributed by atoms with E-state index in [4.69, 9.17) is 11.6 Å². The number of carbonyl (C=O) groups is 1. The van der Waals surface area contributed by atoms with E-state index < -0.39 is 0 Å². The summed E-state index contributed by atoms with van der Waals surface area (Å²) < 4.78 is 0. The number of nitrogens with one attached hydrogen (secondary N) is 1. The van der Waals surface area contributed by atoms with E-state index in [0.29, 0.717) is 23.2 Å². The monoisotopic (exact) mass is 210 g/mol. The zero-order chi connectivity index (χ0) is 9.97. The molecule has 1 fully saturated rings. The van der Waals surface area contributed by atoms with Gasteiger partial charge < -0.3 is 5.32 Å². The summed E-state index contributed by atoms with van der Waals surface area (Å²) in [4.78, 5) is 15.4. The average molecular weight is 211 g/mol. The third kappa shape index (κ3) is 2.45. The van der Waals surface area contributed by atoms with Crippen molar-refractivity contribution in [3.8, 4) is 0 Å². The first-order valence-corrected chi connectivity index (χ1v) is 5.04. The Kier molecular flexibility index (Phi) is 2.68. The Morgan fingerprint density at radius 3 is 3.07 bits per heavy atom. The number of nitrogens with zero attached hydrogens (tertiary/aromatic N) is 1. The van der Waals surface area contributed by atoms with E-state index in [0.717, 1.165) is 0 Å². The topological polar surface area (TPSA) is 42.0 Å². The highest BCUT2D eigenvalue weighted by Crippen LogP contribution is 2.32. The van der Waals surface area contributed by atoms with Gasteiger partial charge in [0.25, 0.3) is 0 Å². The van der Waals surface area contributed by atoms with E-state index >= 15 is 0 Å². The van der Waals surface area contributed by atoms with E-state index in [2.05, 4.69) is 10.3 Å². The lowest BCUT2D eigenvalue weighted by atomic mass is 10.3. The van der Waals surface area contributed by atoms with Crippen molar-refractivity contribution in [1.82, 2.24) is 4.98 Å². The molecule has 0 bridgehead atoms. The van der Waals surface area contributed by atoms with Crippen LogP contribution in [0.3, 0.4) is 0 Å². The molecule has 1 amide bonds. The summed E-state index contributed by atoms with van der Waals surface area (Å²) in [6.07, 6.45) is 4.54. The van der Waals surface area contributed by atoms with E-state index in [1.807, 2.05) is 0 Å². The maximum atomic E-state index is 11.4. The number of aromatic nitrogens is 1. The summed E-state index contributed by atoms with van der Waals surface area (Å²) in [5.41, 5.74) is 0. The van der Waals surface area contributed by atoms with E-state index in [1.165, 1.54) is 12.8 Å². The predicted octanol–water partition coefficient (Wildman–Crippen LogP) is 2.47. The fourth-order valence-electron chi connectivity index (χ4n) is 1.24. The van der Waals surface area contributed by atoms with Crippen molar-refractivity contribution in [3.63, 3.8) is 0 Å². The molecule has 1 aliphatic rings. The molecule has 1 saturated carbocycles. The lowest BCUT2D eigenvalue weighted by molar-refractivity contribution is -0.116. The van der Waals surface area contributed by atoms with Crippen molar-refractivity contribution in [1.29, 1.82) is 0 Å². The van der Waals surface area contributed by atoms with Gasteiger partial charge in [-0.3, -0.25) is 4.79 Å². The van der Waals surface area contributed by atoms with Crippen LogP contribution < -0.4 is 5.32 Å². The quantitative estimate of drug-likeness (QED) is 0.833. The molecule has 1 heterocycles. The standard InChI is InChI=1S/C10H11ClN2O/c11-8-2-1-5-12-10(8)13-9(14)6-7-3-4-7/h1-2,5,7H,3-4,6H2,(H,12,13,14). The molecule has 0 aliphatic heterocycles. The highest BCUT2D eigenvalue weighted by Gasteiger charge is 2.24. The second kappa shape index (κ2) is 3.96. The van der Waals surface area contributed by atoms with Crippen LogP contribution in [0.25, 0.3) is 0 Å². The van der Waals surface area contributed by atoms with Gasteiger partial charge in [0.1, 0.15) is 0 Å². The average Bonchev–Trinajstić information content (AvgIpc) is 2.93. The molecule has 0 radical (unpaired) electrons. The summed E-state index contributed by atoms with van der Waals surface area (Å²) >= 11 is 5.84. The molecular weight excluding hydrogens is 200 g/mol. The predicted molar refractivity (Wildman–Crippen MR) is 55.2 cm³/mol. The van der Waals surface area contributed by atoms with Crippen molar-refractivity contribution in [2.75, 3.05) is 5.32 Å². The molecule has 14 heavy (non-hydrogen) atoms. The minimum Gasteiger partial charge on any atom is -0.309 e. The Hall–Kier alpha value is -1.09. The van der Waals surface area contributed by atoms with Gasteiger partial charge in [0.05, 0.1) is 5.02 Å². The zero-order valence-electron chi connectivity index (χ0n) is 7.66. The minimum absolute atomic E-state index is 0.00750. The van der Waals surface area contributed by atoms with Crippen LogP contribution in [0.15, 0.2) is 18.3 Å². The number of hydrogen-bond acceptors (Lipinski definition) is 2. The van der Waals surface area contributed by atoms with Gasteiger partial charge in [0.15, 0.2) is 5.82 Å². The van der Waals surface area contributed by atoms with E-state index in [1.54, 1.807) is 18.3 Å². The van der Waals surface area contributed by atoms with Crippen LogP contribution in [0.4, 0.5) is 5.82 Å². The summed E-state index contributed by atoms with van der Waals surface area (Å²) in [5, 5.41) is 3.18. The van der Waals surface area contributed by atoms with E-state index in [9.17, 15) is 4.79 Å². The van der Waals surface area contributed by atoms with Gasteiger partial charge in [-0.2, -0.15) is 0 Å². The zero-order valence-corrected chi connectivity index (χ0v) is 8.42. The Labute approximate surface area is 87.5 Å². The summed E-state index contributed by atoms with van der Waals surface area (Å²) in [5.74, 6) is 1.05. The van der Waals surface area contributed by atoms with Gasteiger partial charge in [0.2, 0.25) is 5.91 Å². The number of pyridine rings is 1. The SMILES string of the molecule is O=C(CC1CC1)Nc1ncccc1Cl. The van der Waals surface area contributed by atoms with E-state index in [-0.39, 0.29) is 5.91 Å². The molecule has 74 valence electrons. The minimum atomic E-state index is 0.00750. The highest BCUT2D eigenvalue weighted by molar-refractivity contribution is 6.33. The van der Waals surface area contributed by atoms with Crippen molar-refractivity contribution < 1.29 is 4.79 Å². The molecule has 0 spiro atoms. The van der Waals surface area contributed by atoms with Gasteiger partial charge in [0, 0.05) is 12.6 Å². The number of halogens is 1. The normalized spacial score (nSPS) is 15.2. The molecular formula is C10H11ClN2O. The molecule has 1 aliphatic carbocycles. The fourth-order valence-corrected chi connectivity index (χ4v) is 1.41. The van der Waals surface area contributed by atoms with Crippen molar-refractivity contribution >= 4 is 23.3 Å². The van der Waals surface area contributed by atoms with Crippen LogP contribution in [0.2, 0.25) is 5.02 Å². The Balaban J connectivity index is 1.95. The van der Waals surface area contributed by atoms with Crippen LogP contribution in [0.1, 0.15) is 19.3 Å². The molecule has 0 atom stereocenters. The third-order valence-corrected chi connectivity index (χ3v) is 2.49. The smallest absolute Gasteiger partial charge is 0.225 e. The van der Waals surface area contributed by atoms with Gasteiger partial charge >= 0.3 is 0 Å². The van der Waals surface area contributed by atoms with Gasteiger partial charge in [-0.25, -0.2) is 4.98 Å². The molecule has 4 heteroatoms. The lowest BCUT2D eigenvalue weighted by Crippen LogP contribution is -2.13. The maximum Gasteiger partial charge on any atom is 0.225 e. The van der Waals surface area contributed by atoms with Crippen molar-refractivity contribution in [2.45, 2.75) is 19.3 Å². The molecule has 0 aromatic carbocycles. The van der Waals surface area contributed by atoms with Crippen LogP contribution in [0, 0.1) is 5.92 Å². The van der Waals surface area contributed by atoms with Crippen LogP contribution in [-0.2, 0) is 4.79 Å². The van der Waals surface area contributed by atoms with Gasteiger partial charge in [-0.05, 0) is 30.9 Å². The number of amides is 1. The molecule has 1 N–H and O–H groups in total. The first kappa shape index (κ1) is 9.46. The van der Waals surface area contributed by atoms with Gasteiger partial charge in [-0.1, -0.05) is 11.6 Å². The number of anilines is 1. The van der Waals surface area contributed by atoms with Crippen LogP contribution in [-0.4, -0.2) is 10.9 Å². The summed E-state index contributed by atoms with van der Waals surface area (Å²) in [6.45, 7) is 0. The molecule has 3 nitrogen and oxygen atoms in total. The lowest BCUT2D eigenvalue weighted by Gasteiger charge is -2.04. The van der Waals surface area contributed by atoms with Crippen molar-refractivity contribution in [2.24, 2.45) is 5.92 Å². The number of hydrogen-bond donors (Lipinski definition) is 1. The Bertz CT molecular complexity index is 350. The second-order valence-corrected chi connectivity index (χ2v) is 3.94. The third-order valence-electron chi connectivity index (χ3n) is 2.19. The summed E-state index contributed by atoms with van der Waals surface area (Å²) in [7, 11) is 0. The van der Waals surface area contributed by atoms with Crippen LogP contribution in [0.5, 0.6) is 0 Å². The highest BCUT2D eigenvalue weighted by atomic mass is 35.5. The fraction of sp³-hybridized carbons (Fsp3) is 0.400. The molecule has 1 aromatic rings. The molecule has 0 saturated heterocycles. The second-order valence-electron chi connectivity index (χ2n) is 3.53. The number of carbonyl (C=O) groups excluding carboxylic acids is 1. The first-order chi connectivity index (χ1) is 6.75. The summed E-state index contributed by atoms with van der Waals surface area (Å²) in [6, 6.07) is 3.44. The molecule has 1 aromatic heterocycles. The Morgan fingerprint density at radius 1 is 1.64 bits per heavy atom. The first-order valence-electron chi connectivity index (χ1n) is 4.66. The van der Waals surface area contributed by atoms with Crippen molar-refractivity contribution in [3.05, 3.63) is 23.4 Å². The maximum absolute atomic E-state index is 11.4. The number of rotatable bonds is 3. The molecule has 0 unspecified atom stereocenters. The molecule has 2 rings (SSSR count). The van der Waals surface area contributed by atoms with Gasteiger partial charge in [-0.15, -0.1) is 0 Å².